The summed E-state index contributed by atoms with van der Waals surface area (Å²) in [7, 11) is 0. The lowest BCUT2D eigenvalue weighted by Gasteiger charge is -2.28. The zero-order valence-electron chi connectivity index (χ0n) is 17.3. The van der Waals surface area contributed by atoms with Crippen LogP contribution in [0.25, 0.3) is 0 Å². The second kappa shape index (κ2) is 9.61. The van der Waals surface area contributed by atoms with E-state index in [0.717, 1.165) is 29.2 Å². The van der Waals surface area contributed by atoms with E-state index < -0.39 is 18.0 Å². The first-order valence-electron chi connectivity index (χ1n) is 10.5. The maximum absolute atomic E-state index is 12.6. The van der Waals surface area contributed by atoms with E-state index in [9.17, 15) is 14.4 Å². The molecule has 2 aromatic carbocycles. The largest absolute Gasteiger partial charge is 0.378 e. The van der Waals surface area contributed by atoms with Gasteiger partial charge in [0.05, 0.1) is 13.2 Å². The molecule has 4 rings (SSSR count). The number of nitrogens with one attached hydrogen (secondary N) is 2. The van der Waals surface area contributed by atoms with E-state index in [2.05, 4.69) is 15.5 Å². The van der Waals surface area contributed by atoms with Gasteiger partial charge in [0, 0.05) is 24.5 Å². The van der Waals surface area contributed by atoms with E-state index in [4.69, 9.17) is 4.74 Å². The second-order valence-electron chi connectivity index (χ2n) is 7.65. The van der Waals surface area contributed by atoms with Crippen LogP contribution < -0.4 is 15.5 Å². The highest BCUT2D eigenvalue weighted by Gasteiger charge is 2.38. The molecule has 0 unspecified atom stereocenters. The number of morpholine rings is 1. The molecule has 2 saturated heterocycles. The predicted octanol–water partition coefficient (Wildman–Crippen LogP) is 2.01. The Morgan fingerprint density at radius 2 is 1.74 bits per heavy atom. The number of rotatable bonds is 7. The third-order valence-corrected chi connectivity index (χ3v) is 5.50. The van der Waals surface area contributed by atoms with Crippen molar-refractivity contribution in [1.29, 1.82) is 0 Å². The van der Waals surface area contributed by atoms with Crippen LogP contribution >= 0.6 is 0 Å². The number of nitrogens with zero attached hydrogens (tertiary/aromatic N) is 2. The molecule has 0 aliphatic carbocycles. The number of anilines is 2. The van der Waals surface area contributed by atoms with Gasteiger partial charge in [-0.1, -0.05) is 30.3 Å². The van der Waals surface area contributed by atoms with Crippen LogP contribution in [0.2, 0.25) is 0 Å². The number of hydrogen-bond donors (Lipinski definition) is 2. The summed E-state index contributed by atoms with van der Waals surface area (Å²) in [5.74, 6) is -0.773. The Hall–Kier alpha value is -3.39. The Morgan fingerprint density at radius 1 is 1.03 bits per heavy atom. The summed E-state index contributed by atoms with van der Waals surface area (Å²) in [4.78, 5) is 40.4. The topological polar surface area (TPSA) is 91.0 Å². The maximum atomic E-state index is 12.6. The van der Waals surface area contributed by atoms with Gasteiger partial charge in [0.25, 0.3) is 5.91 Å². The highest BCUT2D eigenvalue weighted by Crippen LogP contribution is 2.19. The SMILES string of the molecule is O=C(CN1C(=O)N[C@@H](CCc2ccccc2)C1=O)Nc1ccc(N2CCOCC2)cc1. The van der Waals surface area contributed by atoms with E-state index in [-0.39, 0.29) is 12.5 Å². The van der Waals surface area contributed by atoms with Crippen molar-refractivity contribution in [3.05, 3.63) is 60.2 Å². The summed E-state index contributed by atoms with van der Waals surface area (Å²) in [6.07, 6.45) is 1.17. The van der Waals surface area contributed by atoms with Crippen LogP contribution in [0.3, 0.4) is 0 Å². The minimum absolute atomic E-state index is 0.308. The summed E-state index contributed by atoms with van der Waals surface area (Å²) in [5, 5.41) is 5.44. The van der Waals surface area contributed by atoms with Crippen LogP contribution in [-0.2, 0) is 20.7 Å². The number of hydrogen-bond acceptors (Lipinski definition) is 5. The van der Waals surface area contributed by atoms with E-state index in [1.54, 1.807) is 0 Å². The Balaban J connectivity index is 1.28. The van der Waals surface area contributed by atoms with Gasteiger partial charge in [0.2, 0.25) is 5.91 Å². The quantitative estimate of drug-likeness (QED) is 0.666. The third kappa shape index (κ3) is 5.21. The normalized spacial score (nSPS) is 18.8. The lowest BCUT2D eigenvalue weighted by Crippen LogP contribution is -2.38. The number of ether oxygens (including phenoxy) is 1. The molecule has 0 aromatic heterocycles. The molecule has 4 amide bonds. The van der Waals surface area contributed by atoms with E-state index in [1.165, 1.54) is 0 Å². The molecule has 31 heavy (non-hydrogen) atoms. The summed E-state index contributed by atoms with van der Waals surface area (Å²) in [6.45, 7) is 2.78. The molecule has 2 fully saturated rings. The van der Waals surface area contributed by atoms with E-state index >= 15 is 0 Å². The van der Waals surface area contributed by atoms with Gasteiger partial charge in [0.1, 0.15) is 12.6 Å². The van der Waals surface area contributed by atoms with Crippen LogP contribution in [0.5, 0.6) is 0 Å². The fourth-order valence-corrected chi connectivity index (χ4v) is 3.80. The van der Waals surface area contributed by atoms with Crippen molar-refractivity contribution in [2.45, 2.75) is 18.9 Å². The van der Waals surface area contributed by atoms with Gasteiger partial charge < -0.3 is 20.3 Å². The number of carbonyl (C=O) groups excluding carboxylic acids is 3. The van der Waals surface area contributed by atoms with Gasteiger partial charge in [-0.25, -0.2) is 4.79 Å². The standard InChI is InChI=1S/C23H26N4O4/c28-21(24-18-7-9-19(10-8-18)26-12-14-31-15-13-26)16-27-22(29)20(25-23(27)30)11-6-17-4-2-1-3-5-17/h1-5,7-10,20H,6,11-16H2,(H,24,28)(H,25,30)/t20-/m0/s1. The highest BCUT2D eigenvalue weighted by molar-refractivity contribution is 6.07. The maximum Gasteiger partial charge on any atom is 0.325 e. The lowest BCUT2D eigenvalue weighted by atomic mass is 10.1. The fourth-order valence-electron chi connectivity index (χ4n) is 3.80. The second-order valence-corrected chi connectivity index (χ2v) is 7.65. The minimum atomic E-state index is -0.603. The Labute approximate surface area is 181 Å². The molecule has 0 bridgehead atoms. The van der Waals surface area contributed by atoms with Gasteiger partial charge in [-0.05, 0) is 42.7 Å². The van der Waals surface area contributed by atoms with Crippen LogP contribution in [0, 0.1) is 0 Å². The molecule has 0 radical (unpaired) electrons. The van der Waals surface area contributed by atoms with Crippen molar-refractivity contribution in [2.24, 2.45) is 0 Å². The third-order valence-electron chi connectivity index (χ3n) is 5.50. The average molecular weight is 422 g/mol. The fraction of sp³-hybridized carbons (Fsp3) is 0.348. The summed E-state index contributed by atoms with van der Waals surface area (Å²) in [5.41, 5.74) is 2.78. The first-order valence-corrected chi connectivity index (χ1v) is 10.5. The van der Waals surface area contributed by atoms with Crippen LogP contribution in [0.1, 0.15) is 12.0 Å². The molecule has 2 heterocycles. The van der Waals surface area contributed by atoms with Crippen molar-refractivity contribution < 1.29 is 19.1 Å². The predicted molar refractivity (Wildman–Crippen MR) is 117 cm³/mol. The van der Waals surface area contributed by atoms with Crippen LogP contribution in [-0.4, -0.2) is 61.6 Å². The summed E-state index contributed by atoms with van der Waals surface area (Å²) in [6, 6.07) is 16.2. The first kappa shape index (κ1) is 20.9. The minimum Gasteiger partial charge on any atom is -0.378 e. The number of carbonyl (C=O) groups is 3. The zero-order chi connectivity index (χ0) is 21.6. The molecule has 8 heteroatoms. The van der Waals surface area contributed by atoms with Gasteiger partial charge in [-0.3, -0.25) is 14.5 Å². The molecule has 2 aliphatic heterocycles. The number of urea groups is 1. The summed E-state index contributed by atoms with van der Waals surface area (Å²) >= 11 is 0. The molecule has 2 aromatic rings. The van der Waals surface area contributed by atoms with Crippen molar-refractivity contribution in [1.82, 2.24) is 10.2 Å². The molecule has 162 valence electrons. The molecular weight excluding hydrogens is 396 g/mol. The van der Waals surface area contributed by atoms with Gasteiger partial charge in [0.15, 0.2) is 0 Å². The Kier molecular flexibility index (Phi) is 6.47. The monoisotopic (exact) mass is 422 g/mol. The number of aryl methyl sites for hydroxylation is 1. The zero-order valence-corrected chi connectivity index (χ0v) is 17.3. The molecule has 2 N–H and O–H groups in total. The summed E-state index contributed by atoms with van der Waals surface area (Å²) < 4.78 is 5.36. The first-order chi connectivity index (χ1) is 15.1. The van der Waals surface area contributed by atoms with Gasteiger partial charge >= 0.3 is 6.03 Å². The van der Waals surface area contributed by atoms with Crippen molar-refractivity contribution in [2.75, 3.05) is 43.1 Å². The Bertz CT molecular complexity index is 926. The van der Waals surface area contributed by atoms with E-state index in [1.807, 2.05) is 54.6 Å². The molecular formula is C23H26N4O4. The molecule has 0 spiro atoms. The average Bonchev–Trinajstić information content (AvgIpc) is 3.07. The van der Waals surface area contributed by atoms with Crippen molar-refractivity contribution >= 4 is 29.2 Å². The highest BCUT2D eigenvalue weighted by atomic mass is 16.5. The van der Waals surface area contributed by atoms with Crippen LogP contribution in [0.15, 0.2) is 54.6 Å². The number of amides is 4. The van der Waals surface area contributed by atoms with Gasteiger partial charge in [-0.2, -0.15) is 0 Å². The Morgan fingerprint density at radius 3 is 2.45 bits per heavy atom. The molecule has 1 atom stereocenters. The molecule has 8 nitrogen and oxygen atoms in total. The number of benzene rings is 2. The molecule has 2 aliphatic rings. The van der Waals surface area contributed by atoms with E-state index in [0.29, 0.717) is 31.7 Å². The van der Waals surface area contributed by atoms with Crippen LogP contribution in [0.4, 0.5) is 16.2 Å². The van der Waals surface area contributed by atoms with Gasteiger partial charge in [-0.15, -0.1) is 0 Å². The van der Waals surface area contributed by atoms with Crippen molar-refractivity contribution in [3.63, 3.8) is 0 Å². The number of imide groups is 1. The smallest absolute Gasteiger partial charge is 0.325 e. The lowest BCUT2D eigenvalue weighted by molar-refractivity contribution is -0.130. The van der Waals surface area contributed by atoms with Crippen molar-refractivity contribution in [3.8, 4) is 0 Å². The molecule has 0 saturated carbocycles.